The van der Waals surface area contributed by atoms with Crippen LogP contribution in [0.1, 0.15) is 28.1 Å². The molecular formula is C20H11F7N4O. The van der Waals surface area contributed by atoms with Crippen molar-refractivity contribution in [3.63, 3.8) is 0 Å². The van der Waals surface area contributed by atoms with Gasteiger partial charge in [0.1, 0.15) is 5.82 Å². The number of aromatic nitrogens is 2. The molecular weight excluding hydrogens is 445 g/mol. The molecule has 0 saturated carbocycles. The smallest absolute Gasteiger partial charge is 0.363 e. The third-order valence-electron chi connectivity index (χ3n) is 4.98. The first-order valence-corrected chi connectivity index (χ1v) is 9.07. The first-order valence-electron chi connectivity index (χ1n) is 9.07. The van der Waals surface area contributed by atoms with E-state index in [4.69, 9.17) is 9.78 Å². The van der Waals surface area contributed by atoms with Crippen LogP contribution in [0.2, 0.25) is 0 Å². The zero-order valence-corrected chi connectivity index (χ0v) is 15.9. The van der Waals surface area contributed by atoms with Gasteiger partial charge in [-0.1, -0.05) is 5.16 Å². The number of hydrogen-bond acceptors (Lipinski definition) is 5. The minimum absolute atomic E-state index is 0.0173. The lowest BCUT2D eigenvalue weighted by molar-refractivity contribution is -0.140. The molecule has 0 atom stereocenters. The molecule has 166 valence electrons. The van der Waals surface area contributed by atoms with Gasteiger partial charge in [0.05, 0.1) is 29.3 Å². The molecule has 0 radical (unpaired) electrons. The van der Waals surface area contributed by atoms with E-state index in [1.807, 2.05) is 0 Å². The minimum atomic E-state index is -4.92. The maximum atomic E-state index is 13.5. The molecule has 4 rings (SSSR count). The molecule has 0 aliphatic carbocycles. The molecule has 1 aliphatic rings. The fourth-order valence-corrected chi connectivity index (χ4v) is 3.62. The van der Waals surface area contributed by atoms with E-state index >= 15 is 0 Å². The highest BCUT2D eigenvalue weighted by Crippen LogP contribution is 2.42. The summed E-state index contributed by atoms with van der Waals surface area (Å²) in [6.07, 6.45) is -9.58. The van der Waals surface area contributed by atoms with Crippen molar-refractivity contribution < 1.29 is 35.3 Å². The van der Waals surface area contributed by atoms with Gasteiger partial charge in [-0.05, 0) is 42.3 Å². The number of fused-ring (bicyclic) bond motifs is 1. The summed E-state index contributed by atoms with van der Waals surface area (Å²) in [5, 5.41) is 12.7. The van der Waals surface area contributed by atoms with Crippen LogP contribution in [-0.4, -0.2) is 16.7 Å². The van der Waals surface area contributed by atoms with Crippen LogP contribution in [0.5, 0.6) is 0 Å². The van der Waals surface area contributed by atoms with Crippen LogP contribution in [0.25, 0.3) is 11.5 Å². The predicted molar refractivity (Wildman–Crippen MR) is 95.6 cm³/mol. The van der Waals surface area contributed by atoms with Gasteiger partial charge in [-0.2, -0.15) is 36.6 Å². The topological polar surface area (TPSA) is 66.0 Å². The Hall–Kier alpha value is -3.62. The summed E-state index contributed by atoms with van der Waals surface area (Å²) in [4.78, 5) is 5.54. The van der Waals surface area contributed by atoms with Crippen LogP contribution in [0.4, 0.5) is 36.4 Å². The lowest BCUT2D eigenvalue weighted by atomic mass is 9.99. The Labute approximate surface area is 175 Å². The summed E-state index contributed by atoms with van der Waals surface area (Å²) in [6.45, 7) is 0.110. The van der Waals surface area contributed by atoms with Crippen molar-refractivity contribution in [3.8, 4) is 17.5 Å². The lowest BCUT2D eigenvalue weighted by Gasteiger charge is -2.19. The van der Waals surface area contributed by atoms with Gasteiger partial charge in [0.2, 0.25) is 0 Å². The third kappa shape index (κ3) is 3.86. The Bertz CT molecular complexity index is 1220. The van der Waals surface area contributed by atoms with Crippen LogP contribution < -0.4 is 4.90 Å². The Morgan fingerprint density at radius 1 is 1.06 bits per heavy atom. The van der Waals surface area contributed by atoms with Crippen LogP contribution >= 0.6 is 0 Å². The Kier molecular flexibility index (Phi) is 5.07. The number of nitriles is 1. The van der Waals surface area contributed by atoms with E-state index in [-0.39, 0.29) is 48.0 Å². The van der Waals surface area contributed by atoms with Crippen molar-refractivity contribution in [1.82, 2.24) is 10.1 Å². The van der Waals surface area contributed by atoms with Gasteiger partial charge in [0.15, 0.2) is 5.82 Å². The van der Waals surface area contributed by atoms with Crippen LogP contribution in [0.15, 0.2) is 34.9 Å². The van der Waals surface area contributed by atoms with Crippen molar-refractivity contribution in [3.05, 3.63) is 64.2 Å². The fraction of sp³-hybridized carbons (Fsp3) is 0.250. The summed E-state index contributed by atoms with van der Waals surface area (Å²) in [5.41, 5.74) is -2.87. The summed E-state index contributed by atoms with van der Waals surface area (Å²) < 4.78 is 97.6. The average Bonchev–Trinajstić information content (AvgIpc) is 3.33. The molecule has 1 aromatic heterocycles. The van der Waals surface area contributed by atoms with Crippen LogP contribution in [-0.2, 0) is 25.3 Å². The summed E-state index contributed by atoms with van der Waals surface area (Å²) in [6, 6.07) is 6.24. The third-order valence-corrected chi connectivity index (χ3v) is 4.98. The molecule has 3 aromatic rings. The van der Waals surface area contributed by atoms with Crippen molar-refractivity contribution in [2.75, 3.05) is 11.4 Å². The van der Waals surface area contributed by atoms with E-state index in [0.29, 0.717) is 12.1 Å². The van der Waals surface area contributed by atoms with Gasteiger partial charge in [-0.15, -0.1) is 0 Å². The second-order valence-electron chi connectivity index (χ2n) is 6.98. The first kappa shape index (κ1) is 21.6. The fourth-order valence-electron chi connectivity index (χ4n) is 3.62. The number of hydrogen-bond donors (Lipinski definition) is 0. The van der Waals surface area contributed by atoms with Crippen molar-refractivity contribution in [1.29, 1.82) is 5.26 Å². The van der Waals surface area contributed by atoms with Gasteiger partial charge in [-0.25, -0.2) is 4.39 Å². The van der Waals surface area contributed by atoms with E-state index in [1.54, 1.807) is 11.0 Å². The van der Waals surface area contributed by atoms with Gasteiger partial charge in [0.25, 0.3) is 5.89 Å². The predicted octanol–water partition coefficient (Wildman–Crippen LogP) is 5.35. The number of halogens is 7. The van der Waals surface area contributed by atoms with Gasteiger partial charge < -0.3 is 9.42 Å². The maximum Gasteiger partial charge on any atom is 0.419 e. The largest absolute Gasteiger partial charge is 0.419 e. The highest BCUT2D eigenvalue weighted by atomic mass is 19.4. The number of alkyl halides is 6. The maximum absolute atomic E-state index is 13.5. The van der Waals surface area contributed by atoms with Crippen molar-refractivity contribution in [2.45, 2.75) is 25.3 Å². The molecule has 2 aromatic carbocycles. The number of anilines is 1. The minimum Gasteiger partial charge on any atom is -0.363 e. The standard InChI is InChI=1S/C20H11F7N4O/c21-14-3-1-10(7-13(14)19(22,23)24)18-29-16(30-32-18)9-31-6-5-12-15(31)4-2-11(8-28)17(12)20(25,26)27/h1-4,7H,5-6,9H2. The summed E-state index contributed by atoms with van der Waals surface area (Å²) >= 11 is 0. The Balaban J connectivity index is 1.62. The molecule has 0 unspecified atom stereocenters. The van der Waals surface area contributed by atoms with E-state index in [0.717, 1.165) is 12.1 Å². The number of benzene rings is 2. The van der Waals surface area contributed by atoms with Crippen molar-refractivity contribution in [2.24, 2.45) is 0 Å². The molecule has 0 bridgehead atoms. The van der Waals surface area contributed by atoms with E-state index in [2.05, 4.69) is 10.1 Å². The molecule has 2 heterocycles. The Morgan fingerprint density at radius 2 is 1.81 bits per heavy atom. The molecule has 0 saturated heterocycles. The van der Waals surface area contributed by atoms with E-state index < -0.39 is 34.9 Å². The second-order valence-corrected chi connectivity index (χ2v) is 6.98. The normalized spacial score (nSPS) is 13.9. The van der Waals surface area contributed by atoms with E-state index in [1.165, 1.54) is 6.07 Å². The van der Waals surface area contributed by atoms with Gasteiger partial charge >= 0.3 is 12.4 Å². The molecule has 5 nitrogen and oxygen atoms in total. The van der Waals surface area contributed by atoms with Crippen LogP contribution in [0.3, 0.4) is 0 Å². The SMILES string of the molecule is N#Cc1ccc2c(c1C(F)(F)F)CCN2Cc1noc(-c2ccc(F)c(C(F)(F)F)c2)n1. The van der Waals surface area contributed by atoms with Crippen LogP contribution in [0, 0.1) is 17.1 Å². The average molecular weight is 456 g/mol. The second kappa shape index (κ2) is 7.51. The molecule has 0 amide bonds. The number of nitrogens with zero attached hydrogens (tertiary/aromatic N) is 4. The molecule has 0 spiro atoms. The van der Waals surface area contributed by atoms with Gasteiger partial charge in [-0.3, -0.25) is 0 Å². The zero-order chi connectivity index (χ0) is 23.3. The summed E-state index contributed by atoms with van der Waals surface area (Å²) in [7, 11) is 0. The highest BCUT2D eigenvalue weighted by molar-refractivity contribution is 5.65. The molecule has 0 fully saturated rings. The molecule has 32 heavy (non-hydrogen) atoms. The monoisotopic (exact) mass is 456 g/mol. The molecule has 1 aliphatic heterocycles. The lowest BCUT2D eigenvalue weighted by Crippen LogP contribution is -2.20. The zero-order valence-electron chi connectivity index (χ0n) is 15.9. The quantitative estimate of drug-likeness (QED) is 0.498. The van der Waals surface area contributed by atoms with Gasteiger partial charge in [0, 0.05) is 17.8 Å². The highest BCUT2D eigenvalue weighted by Gasteiger charge is 2.40. The van der Waals surface area contributed by atoms with Crippen molar-refractivity contribution >= 4 is 5.69 Å². The Morgan fingerprint density at radius 3 is 2.47 bits per heavy atom. The first-order chi connectivity index (χ1) is 15.0. The number of rotatable bonds is 3. The molecule has 12 heteroatoms. The molecule has 0 N–H and O–H groups in total. The van der Waals surface area contributed by atoms with E-state index in [9.17, 15) is 30.7 Å². The summed E-state index contributed by atoms with van der Waals surface area (Å²) in [5.74, 6) is -1.73.